The Morgan fingerprint density at radius 3 is 2.96 bits per heavy atom. The van der Waals surface area contributed by atoms with Crippen molar-refractivity contribution >= 4 is 53.0 Å². The normalized spacial score (nSPS) is 25.0. The minimum Gasteiger partial charge on any atom is -0.356 e. The van der Waals surface area contributed by atoms with Crippen molar-refractivity contribution in [3.63, 3.8) is 0 Å². The predicted octanol–water partition coefficient (Wildman–Crippen LogP) is 3.98. The first kappa shape index (κ1) is 22.3. The molecule has 0 radical (unpaired) electrons. The molecule has 2 unspecified atom stereocenters. The third-order valence-electron chi connectivity index (χ3n) is 5.22. The van der Waals surface area contributed by atoms with E-state index >= 15 is 0 Å². The van der Waals surface area contributed by atoms with E-state index < -0.39 is 0 Å². The molecule has 0 aliphatic carbocycles. The van der Waals surface area contributed by atoms with E-state index in [4.69, 9.17) is 0 Å². The summed E-state index contributed by atoms with van der Waals surface area (Å²) in [4.78, 5) is 11.1. The molecule has 3 rings (SSSR count). The number of hydrogen-bond donors (Lipinski definition) is 1. The molecule has 0 aromatic carbocycles. The molecule has 26 heavy (non-hydrogen) atoms. The number of halogens is 1. The fourth-order valence-corrected chi connectivity index (χ4v) is 5.74. The van der Waals surface area contributed by atoms with Crippen LogP contribution in [0.15, 0.2) is 22.5 Å². The topological polar surface area (TPSA) is 30.9 Å². The van der Waals surface area contributed by atoms with Gasteiger partial charge in [0.05, 0.1) is 0 Å². The van der Waals surface area contributed by atoms with Crippen LogP contribution in [-0.4, -0.2) is 66.5 Å². The molecule has 0 bridgehead atoms. The van der Waals surface area contributed by atoms with Gasteiger partial charge >= 0.3 is 0 Å². The van der Waals surface area contributed by atoms with Crippen LogP contribution < -0.4 is 5.32 Å². The van der Waals surface area contributed by atoms with Gasteiger partial charge in [-0.2, -0.15) is 11.8 Å². The van der Waals surface area contributed by atoms with Crippen molar-refractivity contribution in [2.75, 3.05) is 45.5 Å². The van der Waals surface area contributed by atoms with Crippen molar-refractivity contribution in [2.24, 2.45) is 10.9 Å². The third kappa shape index (κ3) is 6.56. The van der Waals surface area contributed by atoms with E-state index in [0.717, 1.165) is 43.3 Å². The predicted molar refractivity (Wildman–Crippen MR) is 127 cm³/mol. The van der Waals surface area contributed by atoms with Crippen molar-refractivity contribution in [2.45, 2.75) is 38.0 Å². The van der Waals surface area contributed by atoms with Crippen molar-refractivity contribution in [3.05, 3.63) is 22.4 Å². The highest BCUT2D eigenvalue weighted by molar-refractivity contribution is 14.0. The molecule has 2 aliphatic heterocycles. The molecule has 3 heterocycles. The van der Waals surface area contributed by atoms with Crippen LogP contribution in [0.3, 0.4) is 0 Å². The number of nitrogens with zero attached hydrogens (tertiary/aromatic N) is 3. The molecule has 2 aliphatic rings. The molecule has 0 saturated carbocycles. The summed E-state index contributed by atoms with van der Waals surface area (Å²) in [6, 6.07) is 4.42. The van der Waals surface area contributed by atoms with Crippen LogP contribution >= 0.6 is 47.1 Å². The van der Waals surface area contributed by atoms with Crippen molar-refractivity contribution in [1.82, 2.24) is 15.1 Å². The standard InChI is InChI=1S/C19H32N4S2.HI/c1-3-17-15-23(9-11-25-17)19(20-2)21-12-16-6-4-8-22(13-16)14-18-7-5-10-24-18;/h5,7,10,16-17H,3-4,6,8-9,11-15H2,1-2H3,(H,20,21);1H. The Labute approximate surface area is 184 Å². The van der Waals surface area contributed by atoms with E-state index in [0.29, 0.717) is 0 Å². The van der Waals surface area contributed by atoms with Gasteiger partial charge in [-0.3, -0.25) is 9.89 Å². The lowest BCUT2D eigenvalue weighted by atomic mass is 9.98. The van der Waals surface area contributed by atoms with E-state index in [9.17, 15) is 0 Å². The first-order valence-electron chi connectivity index (χ1n) is 9.60. The quantitative estimate of drug-likeness (QED) is 0.371. The summed E-state index contributed by atoms with van der Waals surface area (Å²) in [6.07, 6.45) is 3.89. The number of hydrogen-bond acceptors (Lipinski definition) is 4. The third-order valence-corrected chi connectivity index (χ3v) is 7.45. The van der Waals surface area contributed by atoms with Gasteiger partial charge in [-0.15, -0.1) is 35.3 Å². The van der Waals surface area contributed by atoms with Gasteiger partial charge in [-0.05, 0) is 43.2 Å². The largest absolute Gasteiger partial charge is 0.356 e. The van der Waals surface area contributed by atoms with Crippen LogP contribution in [0.1, 0.15) is 31.1 Å². The Bertz CT molecular complexity index is 538. The van der Waals surface area contributed by atoms with Gasteiger partial charge < -0.3 is 10.2 Å². The summed E-state index contributed by atoms with van der Waals surface area (Å²) >= 11 is 3.99. The Hall–Kier alpha value is 0.01000. The van der Waals surface area contributed by atoms with E-state index in [2.05, 4.69) is 56.3 Å². The van der Waals surface area contributed by atoms with Crippen molar-refractivity contribution < 1.29 is 0 Å². The van der Waals surface area contributed by atoms with Crippen molar-refractivity contribution in [1.29, 1.82) is 0 Å². The molecule has 2 saturated heterocycles. The first-order chi connectivity index (χ1) is 12.3. The van der Waals surface area contributed by atoms with Gasteiger partial charge in [0.15, 0.2) is 5.96 Å². The lowest BCUT2D eigenvalue weighted by Gasteiger charge is -2.36. The molecular weight excluding hydrogens is 475 g/mol. The monoisotopic (exact) mass is 508 g/mol. The zero-order chi connectivity index (χ0) is 17.5. The van der Waals surface area contributed by atoms with E-state index in [1.165, 1.54) is 43.0 Å². The zero-order valence-electron chi connectivity index (χ0n) is 16.0. The second-order valence-electron chi connectivity index (χ2n) is 7.10. The van der Waals surface area contributed by atoms with Crippen LogP contribution in [0.25, 0.3) is 0 Å². The van der Waals surface area contributed by atoms with Gasteiger partial charge in [0.1, 0.15) is 0 Å². The summed E-state index contributed by atoms with van der Waals surface area (Å²) in [6.45, 7) is 9.16. The SMILES string of the molecule is CCC1CN(C(=NC)NCC2CCCN(Cc3cccs3)C2)CCS1.I. The number of aliphatic imine (C=N–C) groups is 1. The summed E-state index contributed by atoms with van der Waals surface area (Å²) in [5.74, 6) is 3.05. The van der Waals surface area contributed by atoms with E-state index in [1.54, 1.807) is 0 Å². The molecule has 1 N–H and O–H groups in total. The number of piperidine rings is 1. The summed E-state index contributed by atoms with van der Waals surface area (Å²) in [5, 5.41) is 6.61. The fourth-order valence-electron chi connectivity index (χ4n) is 3.81. The number of guanidine groups is 1. The van der Waals surface area contributed by atoms with Crippen LogP contribution in [-0.2, 0) is 6.54 Å². The van der Waals surface area contributed by atoms with Crippen LogP contribution in [0.2, 0.25) is 0 Å². The molecule has 148 valence electrons. The highest BCUT2D eigenvalue weighted by Crippen LogP contribution is 2.22. The summed E-state index contributed by atoms with van der Waals surface area (Å²) in [5.41, 5.74) is 0. The van der Waals surface area contributed by atoms with Gasteiger partial charge in [0, 0.05) is 55.7 Å². The van der Waals surface area contributed by atoms with E-state index in [1.807, 2.05) is 18.4 Å². The number of rotatable bonds is 5. The van der Waals surface area contributed by atoms with Gasteiger partial charge in [-0.1, -0.05) is 13.0 Å². The molecule has 2 atom stereocenters. The van der Waals surface area contributed by atoms with Gasteiger partial charge in [0.2, 0.25) is 0 Å². The molecule has 0 spiro atoms. The maximum atomic E-state index is 4.55. The Kier molecular flexibility index (Phi) is 10.1. The molecule has 4 nitrogen and oxygen atoms in total. The number of nitrogens with one attached hydrogen (secondary N) is 1. The number of thiophene rings is 1. The minimum absolute atomic E-state index is 0. The van der Waals surface area contributed by atoms with Gasteiger partial charge in [-0.25, -0.2) is 0 Å². The Morgan fingerprint density at radius 2 is 2.23 bits per heavy atom. The second-order valence-corrected chi connectivity index (χ2v) is 9.54. The number of likely N-dealkylation sites (tertiary alicyclic amines) is 1. The molecule has 2 fully saturated rings. The van der Waals surface area contributed by atoms with Crippen molar-refractivity contribution in [3.8, 4) is 0 Å². The van der Waals surface area contributed by atoms with Gasteiger partial charge in [0.25, 0.3) is 0 Å². The zero-order valence-corrected chi connectivity index (χ0v) is 20.0. The van der Waals surface area contributed by atoms with Crippen LogP contribution in [0.4, 0.5) is 0 Å². The molecule has 7 heteroatoms. The van der Waals surface area contributed by atoms with Crippen LogP contribution in [0.5, 0.6) is 0 Å². The Balaban J connectivity index is 0.00000243. The molecular formula is C19H33IN4S2. The maximum Gasteiger partial charge on any atom is 0.193 e. The summed E-state index contributed by atoms with van der Waals surface area (Å²) < 4.78 is 0. The minimum atomic E-state index is 0. The summed E-state index contributed by atoms with van der Waals surface area (Å²) in [7, 11) is 1.93. The smallest absolute Gasteiger partial charge is 0.193 e. The second kappa shape index (κ2) is 11.8. The average molecular weight is 509 g/mol. The molecule has 0 amide bonds. The highest BCUT2D eigenvalue weighted by atomic mass is 127. The average Bonchev–Trinajstić information content (AvgIpc) is 3.16. The van der Waals surface area contributed by atoms with E-state index in [-0.39, 0.29) is 24.0 Å². The lowest BCUT2D eigenvalue weighted by molar-refractivity contribution is 0.169. The highest BCUT2D eigenvalue weighted by Gasteiger charge is 2.24. The lowest BCUT2D eigenvalue weighted by Crippen LogP contribution is -2.50. The van der Waals surface area contributed by atoms with Crippen LogP contribution in [0, 0.1) is 5.92 Å². The Morgan fingerprint density at radius 1 is 1.35 bits per heavy atom. The molecule has 1 aromatic heterocycles. The first-order valence-corrected chi connectivity index (χ1v) is 11.5. The fraction of sp³-hybridized carbons (Fsp3) is 0.737. The molecule has 1 aromatic rings. The number of thioether (sulfide) groups is 1. The maximum absolute atomic E-state index is 4.55.